The van der Waals surface area contributed by atoms with Crippen LogP contribution in [0.15, 0.2) is 18.2 Å². The molecule has 0 heterocycles. The molecule has 4 heteroatoms. The summed E-state index contributed by atoms with van der Waals surface area (Å²) in [7, 11) is 0. The first-order valence-corrected chi connectivity index (χ1v) is 5.59. The van der Waals surface area contributed by atoms with Gasteiger partial charge in [-0.05, 0) is 44.1 Å². The molecule has 0 bridgehead atoms. The van der Waals surface area contributed by atoms with Gasteiger partial charge < -0.3 is 5.32 Å². The predicted octanol–water partition coefficient (Wildman–Crippen LogP) is 3.51. The van der Waals surface area contributed by atoms with E-state index in [2.05, 4.69) is 5.32 Å². The quantitative estimate of drug-likeness (QED) is 0.616. The van der Waals surface area contributed by atoms with Crippen LogP contribution in [-0.4, -0.2) is 13.1 Å². The van der Waals surface area contributed by atoms with Gasteiger partial charge in [-0.25, -0.2) is 13.2 Å². The van der Waals surface area contributed by atoms with Gasteiger partial charge in [0.1, 0.15) is 0 Å². The van der Waals surface area contributed by atoms with Crippen molar-refractivity contribution in [1.82, 2.24) is 5.32 Å². The lowest BCUT2D eigenvalue weighted by Gasteiger charge is -2.05. The number of nitrogens with one attached hydrogen (secondary N) is 1. The van der Waals surface area contributed by atoms with Crippen LogP contribution in [0.2, 0.25) is 0 Å². The molecule has 1 N–H and O–H groups in total. The van der Waals surface area contributed by atoms with Crippen LogP contribution in [0.1, 0.15) is 25.8 Å². The largest absolute Gasteiger partial charge is 0.317 e. The zero-order valence-electron chi connectivity index (χ0n) is 9.99. The molecular weight excluding hydrogens is 227 g/mol. The van der Waals surface area contributed by atoms with E-state index in [1.807, 2.05) is 6.92 Å². The molecule has 0 unspecified atom stereocenters. The van der Waals surface area contributed by atoms with Crippen LogP contribution in [0.3, 0.4) is 0 Å². The van der Waals surface area contributed by atoms with Gasteiger partial charge in [0.05, 0.1) is 0 Å². The second-order valence-corrected chi connectivity index (χ2v) is 3.75. The van der Waals surface area contributed by atoms with Crippen LogP contribution in [0, 0.1) is 17.5 Å². The molecule has 0 aliphatic rings. The third kappa shape index (κ3) is 3.60. The molecule has 94 valence electrons. The smallest absolute Gasteiger partial charge is 0.195 e. The van der Waals surface area contributed by atoms with Crippen LogP contribution in [0.25, 0.3) is 5.57 Å². The van der Waals surface area contributed by atoms with Gasteiger partial charge in [0.15, 0.2) is 17.5 Å². The Morgan fingerprint density at radius 2 is 1.94 bits per heavy atom. The van der Waals surface area contributed by atoms with E-state index in [1.165, 1.54) is 6.07 Å². The van der Waals surface area contributed by atoms with Gasteiger partial charge in [-0.2, -0.15) is 0 Å². The SMILES string of the molecule is CCNCCC=C(C)c1ccc(F)c(F)c1F. The maximum absolute atomic E-state index is 13.4. The van der Waals surface area contributed by atoms with Crippen LogP contribution in [-0.2, 0) is 0 Å². The Bertz CT molecular complexity index is 413. The molecule has 0 aromatic heterocycles. The zero-order valence-corrected chi connectivity index (χ0v) is 9.99. The Morgan fingerprint density at radius 3 is 2.59 bits per heavy atom. The van der Waals surface area contributed by atoms with Crippen molar-refractivity contribution in [2.75, 3.05) is 13.1 Å². The van der Waals surface area contributed by atoms with Crippen molar-refractivity contribution in [3.05, 3.63) is 41.2 Å². The molecule has 0 aliphatic carbocycles. The van der Waals surface area contributed by atoms with Gasteiger partial charge in [-0.1, -0.05) is 13.0 Å². The first-order chi connectivity index (χ1) is 8.07. The zero-order chi connectivity index (χ0) is 12.8. The topological polar surface area (TPSA) is 12.0 Å². The predicted molar refractivity (Wildman–Crippen MR) is 63.1 cm³/mol. The lowest BCUT2D eigenvalue weighted by atomic mass is 10.1. The monoisotopic (exact) mass is 243 g/mol. The molecular formula is C13H16F3N. The van der Waals surface area contributed by atoms with E-state index in [4.69, 9.17) is 0 Å². The fraction of sp³-hybridized carbons (Fsp3) is 0.385. The Morgan fingerprint density at radius 1 is 1.24 bits per heavy atom. The van der Waals surface area contributed by atoms with E-state index in [9.17, 15) is 13.2 Å². The van der Waals surface area contributed by atoms with E-state index in [0.717, 1.165) is 25.6 Å². The number of hydrogen-bond acceptors (Lipinski definition) is 1. The molecule has 1 nitrogen and oxygen atoms in total. The second kappa shape index (κ2) is 6.45. The van der Waals surface area contributed by atoms with Gasteiger partial charge in [-0.15, -0.1) is 0 Å². The summed E-state index contributed by atoms with van der Waals surface area (Å²) in [6.07, 6.45) is 2.52. The summed E-state index contributed by atoms with van der Waals surface area (Å²) in [5, 5.41) is 3.12. The maximum atomic E-state index is 13.4. The van der Waals surface area contributed by atoms with E-state index in [1.54, 1.807) is 13.0 Å². The van der Waals surface area contributed by atoms with Crippen LogP contribution in [0.5, 0.6) is 0 Å². The Kier molecular flexibility index (Phi) is 5.22. The van der Waals surface area contributed by atoms with Crippen LogP contribution in [0.4, 0.5) is 13.2 Å². The summed E-state index contributed by atoms with van der Waals surface area (Å²) in [5.74, 6) is -3.70. The van der Waals surface area contributed by atoms with E-state index >= 15 is 0 Å². The Hall–Kier alpha value is -1.29. The van der Waals surface area contributed by atoms with Crippen molar-refractivity contribution in [3.8, 4) is 0 Å². The molecule has 0 aliphatic heterocycles. The standard InChI is InChI=1S/C13H16F3N/c1-3-17-8-4-5-9(2)10-6-7-11(14)13(16)12(10)15/h5-7,17H,3-4,8H2,1-2H3. The van der Waals surface area contributed by atoms with Gasteiger partial charge in [0.25, 0.3) is 0 Å². The summed E-state index contributed by atoms with van der Waals surface area (Å²) < 4.78 is 39.2. The fourth-order valence-electron chi connectivity index (χ4n) is 1.51. The number of rotatable bonds is 5. The minimum atomic E-state index is -1.41. The molecule has 0 saturated carbocycles. The van der Waals surface area contributed by atoms with Crippen molar-refractivity contribution in [2.24, 2.45) is 0 Å². The molecule has 0 spiro atoms. The lowest BCUT2D eigenvalue weighted by Crippen LogP contribution is -2.13. The molecule has 1 aromatic carbocycles. The van der Waals surface area contributed by atoms with E-state index < -0.39 is 17.5 Å². The molecule has 0 fully saturated rings. The molecule has 0 radical (unpaired) electrons. The summed E-state index contributed by atoms with van der Waals surface area (Å²) in [5.41, 5.74) is 0.722. The van der Waals surface area contributed by atoms with Gasteiger partial charge in [0, 0.05) is 5.56 Å². The van der Waals surface area contributed by atoms with Crippen molar-refractivity contribution in [2.45, 2.75) is 20.3 Å². The Balaban J connectivity index is 2.82. The lowest BCUT2D eigenvalue weighted by molar-refractivity contribution is 0.445. The minimum Gasteiger partial charge on any atom is -0.317 e. The van der Waals surface area contributed by atoms with E-state index in [-0.39, 0.29) is 5.56 Å². The van der Waals surface area contributed by atoms with Gasteiger partial charge in [0.2, 0.25) is 0 Å². The van der Waals surface area contributed by atoms with Crippen molar-refractivity contribution >= 4 is 5.57 Å². The number of benzene rings is 1. The van der Waals surface area contributed by atoms with Crippen LogP contribution >= 0.6 is 0 Å². The van der Waals surface area contributed by atoms with Gasteiger partial charge in [-0.3, -0.25) is 0 Å². The molecule has 17 heavy (non-hydrogen) atoms. The highest BCUT2D eigenvalue weighted by atomic mass is 19.2. The Labute approximate surface area is 99.3 Å². The van der Waals surface area contributed by atoms with Crippen molar-refractivity contribution in [3.63, 3.8) is 0 Å². The second-order valence-electron chi connectivity index (χ2n) is 3.75. The number of halogens is 3. The molecule has 0 amide bonds. The third-order valence-corrected chi connectivity index (χ3v) is 2.48. The highest BCUT2D eigenvalue weighted by Crippen LogP contribution is 2.22. The summed E-state index contributed by atoms with van der Waals surface area (Å²) in [4.78, 5) is 0. The molecule has 1 aromatic rings. The minimum absolute atomic E-state index is 0.111. The first-order valence-electron chi connectivity index (χ1n) is 5.59. The summed E-state index contributed by atoms with van der Waals surface area (Å²) in [6, 6.07) is 2.20. The summed E-state index contributed by atoms with van der Waals surface area (Å²) >= 11 is 0. The van der Waals surface area contributed by atoms with Crippen LogP contribution < -0.4 is 5.32 Å². The number of hydrogen-bond donors (Lipinski definition) is 1. The number of allylic oxidation sites excluding steroid dienone is 1. The normalized spacial score (nSPS) is 11.9. The molecule has 0 atom stereocenters. The third-order valence-electron chi connectivity index (χ3n) is 2.48. The first kappa shape index (κ1) is 13.8. The van der Waals surface area contributed by atoms with Crippen molar-refractivity contribution in [1.29, 1.82) is 0 Å². The highest BCUT2D eigenvalue weighted by molar-refractivity contribution is 5.64. The molecule has 1 rings (SSSR count). The maximum Gasteiger partial charge on any atom is 0.195 e. The molecule has 0 saturated heterocycles. The summed E-state index contributed by atoms with van der Waals surface area (Å²) in [6.45, 7) is 5.32. The van der Waals surface area contributed by atoms with Gasteiger partial charge >= 0.3 is 0 Å². The average molecular weight is 243 g/mol. The highest BCUT2D eigenvalue weighted by Gasteiger charge is 2.13. The average Bonchev–Trinajstić information content (AvgIpc) is 2.31. The van der Waals surface area contributed by atoms with Crippen molar-refractivity contribution < 1.29 is 13.2 Å². The van der Waals surface area contributed by atoms with E-state index in [0.29, 0.717) is 5.57 Å². The fourth-order valence-corrected chi connectivity index (χ4v) is 1.51.